The van der Waals surface area contributed by atoms with Gasteiger partial charge < -0.3 is 5.73 Å². The van der Waals surface area contributed by atoms with E-state index in [1.54, 1.807) is 0 Å². The summed E-state index contributed by atoms with van der Waals surface area (Å²) in [6.07, 6.45) is 9.06. The van der Waals surface area contributed by atoms with Crippen LogP contribution in [0, 0.1) is 10.8 Å². The van der Waals surface area contributed by atoms with Crippen LogP contribution in [0.5, 0.6) is 0 Å². The van der Waals surface area contributed by atoms with Crippen molar-refractivity contribution in [3.63, 3.8) is 0 Å². The lowest BCUT2D eigenvalue weighted by Crippen LogP contribution is -2.20. The number of amides is 1. The van der Waals surface area contributed by atoms with Gasteiger partial charge in [-0.2, -0.15) is 0 Å². The second kappa shape index (κ2) is 7.81. The summed E-state index contributed by atoms with van der Waals surface area (Å²) >= 11 is 0. The van der Waals surface area contributed by atoms with E-state index in [-0.39, 0.29) is 5.91 Å². The summed E-state index contributed by atoms with van der Waals surface area (Å²) in [7, 11) is 0. The molecule has 0 aliphatic carbocycles. The van der Waals surface area contributed by atoms with Gasteiger partial charge in [-0.05, 0) is 30.1 Å². The Kier molecular flexibility index (Phi) is 7.58. The van der Waals surface area contributed by atoms with E-state index < -0.39 is 0 Å². The Balaban J connectivity index is 3.56. The highest BCUT2D eigenvalue weighted by atomic mass is 16.1. The summed E-state index contributed by atoms with van der Waals surface area (Å²) in [5.74, 6) is -0.165. The van der Waals surface area contributed by atoms with Crippen LogP contribution in [0.3, 0.4) is 0 Å². The summed E-state index contributed by atoms with van der Waals surface area (Å²) in [6, 6.07) is 0. The smallest absolute Gasteiger partial charge is 0.217 e. The van der Waals surface area contributed by atoms with Gasteiger partial charge in [0.2, 0.25) is 5.91 Å². The van der Waals surface area contributed by atoms with E-state index in [1.807, 2.05) is 0 Å². The van der Waals surface area contributed by atoms with E-state index in [4.69, 9.17) is 5.73 Å². The van der Waals surface area contributed by atoms with Crippen molar-refractivity contribution in [2.24, 2.45) is 16.6 Å². The molecule has 108 valence electrons. The van der Waals surface area contributed by atoms with Crippen molar-refractivity contribution in [3.8, 4) is 0 Å². The summed E-state index contributed by atoms with van der Waals surface area (Å²) in [5, 5.41) is 0. The maximum atomic E-state index is 10.6. The summed E-state index contributed by atoms with van der Waals surface area (Å²) < 4.78 is 0. The predicted octanol–water partition coefficient (Wildman–Crippen LogP) is 4.66. The van der Waals surface area contributed by atoms with Crippen molar-refractivity contribution in [1.82, 2.24) is 0 Å². The second-order valence-electron chi connectivity index (χ2n) is 7.64. The first-order valence-corrected chi connectivity index (χ1v) is 7.41. The molecule has 18 heavy (non-hydrogen) atoms. The van der Waals surface area contributed by atoms with Gasteiger partial charge in [-0.15, -0.1) is 0 Å². The lowest BCUT2D eigenvalue weighted by atomic mass is 9.73. The van der Waals surface area contributed by atoms with Crippen LogP contribution in [0.4, 0.5) is 0 Å². The molecule has 0 fully saturated rings. The number of hydrogen-bond acceptors (Lipinski definition) is 1. The molecule has 0 saturated carbocycles. The van der Waals surface area contributed by atoms with Crippen molar-refractivity contribution in [1.29, 1.82) is 0 Å². The van der Waals surface area contributed by atoms with Gasteiger partial charge in [0, 0.05) is 6.42 Å². The minimum absolute atomic E-state index is 0.165. The molecule has 2 nitrogen and oxygen atoms in total. The largest absolute Gasteiger partial charge is 0.370 e. The fraction of sp³-hybridized carbons (Fsp3) is 0.938. The fourth-order valence-electron chi connectivity index (χ4n) is 2.96. The van der Waals surface area contributed by atoms with E-state index in [2.05, 4.69) is 34.6 Å². The van der Waals surface area contributed by atoms with Gasteiger partial charge in [-0.25, -0.2) is 0 Å². The van der Waals surface area contributed by atoms with E-state index in [9.17, 15) is 4.79 Å². The molecular formula is C16H33NO. The number of hydrogen-bond donors (Lipinski definition) is 1. The lowest BCUT2D eigenvalue weighted by Gasteiger charge is -2.32. The van der Waals surface area contributed by atoms with Gasteiger partial charge >= 0.3 is 0 Å². The monoisotopic (exact) mass is 255 g/mol. The normalized spacial score (nSPS) is 12.7. The summed E-state index contributed by atoms with van der Waals surface area (Å²) in [6.45, 7) is 11.7. The Hall–Kier alpha value is -0.530. The number of unbranched alkanes of at least 4 members (excludes halogenated alkanes) is 4. The van der Waals surface area contributed by atoms with Crippen LogP contribution in [0.1, 0.15) is 86.0 Å². The average molecular weight is 255 g/mol. The van der Waals surface area contributed by atoms with Crippen molar-refractivity contribution < 1.29 is 4.79 Å². The standard InChI is InChI=1S/C16H33NO/c1-15(2,3)13-16(4,5)12-10-8-6-7-9-11-14(17)18/h6-13H2,1-5H3,(H2,17,18). The highest BCUT2D eigenvalue weighted by Gasteiger charge is 2.24. The van der Waals surface area contributed by atoms with Gasteiger partial charge in [-0.1, -0.05) is 60.3 Å². The molecule has 1 amide bonds. The predicted molar refractivity (Wildman–Crippen MR) is 79.4 cm³/mol. The molecular weight excluding hydrogens is 222 g/mol. The van der Waals surface area contributed by atoms with Crippen molar-refractivity contribution in [3.05, 3.63) is 0 Å². The van der Waals surface area contributed by atoms with Crippen LogP contribution >= 0.6 is 0 Å². The highest BCUT2D eigenvalue weighted by Crippen LogP contribution is 2.37. The van der Waals surface area contributed by atoms with E-state index in [0.717, 1.165) is 12.8 Å². The minimum atomic E-state index is -0.165. The quantitative estimate of drug-likeness (QED) is 0.598. The minimum Gasteiger partial charge on any atom is -0.370 e. The van der Waals surface area contributed by atoms with E-state index >= 15 is 0 Å². The summed E-state index contributed by atoms with van der Waals surface area (Å²) in [5.41, 5.74) is 5.98. The molecule has 0 rings (SSSR count). The Morgan fingerprint density at radius 3 is 1.89 bits per heavy atom. The number of carbonyl (C=O) groups excluding carboxylic acids is 1. The van der Waals surface area contributed by atoms with Crippen molar-refractivity contribution in [2.75, 3.05) is 0 Å². The molecule has 0 heterocycles. The molecule has 0 atom stereocenters. The molecule has 2 N–H and O–H groups in total. The zero-order chi connectivity index (χ0) is 14.2. The SMILES string of the molecule is CC(C)(C)CC(C)(C)CCCCCCCC(N)=O. The van der Waals surface area contributed by atoms with Crippen LogP contribution in [0.2, 0.25) is 0 Å². The molecule has 2 heteroatoms. The summed E-state index contributed by atoms with van der Waals surface area (Å²) in [4.78, 5) is 10.6. The molecule has 0 aromatic rings. The first-order chi connectivity index (χ1) is 8.12. The fourth-order valence-corrected chi connectivity index (χ4v) is 2.96. The van der Waals surface area contributed by atoms with Crippen LogP contribution < -0.4 is 5.73 Å². The first-order valence-electron chi connectivity index (χ1n) is 7.41. The number of carbonyl (C=O) groups is 1. The molecule has 0 radical (unpaired) electrons. The Morgan fingerprint density at radius 1 is 0.889 bits per heavy atom. The molecule has 0 aliphatic heterocycles. The van der Waals surface area contributed by atoms with Gasteiger partial charge in [0.25, 0.3) is 0 Å². The van der Waals surface area contributed by atoms with E-state index in [1.165, 1.54) is 32.1 Å². The van der Waals surface area contributed by atoms with Crippen LogP contribution in [0.25, 0.3) is 0 Å². The van der Waals surface area contributed by atoms with Gasteiger partial charge in [0.05, 0.1) is 0 Å². The molecule has 0 aromatic heterocycles. The molecule has 0 spiro atoms. The zero-order valence-electron chi connectivity index (χ0n) is 13.1. The molecule has 0 saturated heterocycles. The van der Waals surface area contributed by atoms with Gasteiger partial charge in [-0.3, -0.25) is 4.79 Å². The molecule has 0 aromatic carbocycles. The number of nitrogens with two attached hydrogens (primary N) is 1. The molecule has 0 aliphatic rings. The third-order valence-electron chi connectivity index (χ3n) is 3.29. The Labute approximate surface area is 114 Å². The van der Waals surface area contributed by atoms with E-state index in [0.29, 0.717) is 17.3 Å². The van der Waals surface area contributed by atoms with Gasteiger partial charge in [0.1, 0.15) is 0 Å². The zero-order valence-corrected chi connectivity index (χ0v) is 13.1. The Bertz CT molecular complexity index is 238. The molecule has 0 unspecified atom stereocenters. The number of primary amides is 1. The maximum Gasteiger partial charge on any atom is 0.217 e. The molecule has 0 bridgehead atoms. The lowest BCUT2D eigenvalue weighted by molar-refractivity contribution is -0.118. The van der Waals surface area contributed by atoms with Crippen LogP contribution in [-0.4, -0.2) is 5.91 Å². The van der Waals surface area contributed by atoms with Crippen molar-refractivity contribution >= 4 is 5.91 Å². The van der Waals surface area contributed by atoms with Crippen LogP contribution in [-0.2, 0) is 4.79 Å². The maximum absolute atomic E-state index is 10.6. The first kappa shape index (κ1) is 17.5. The van der Waals surface area contributed by atoms with Crippen LogP contribution in [0.15, 0.2) is 0 Å². The topological polar surface area (TPSA) is 43.1 Å². The Morgan fingerprint density at radius 2 is 1.39 bits per heavy atom. The third-order valence-corrected chi connectivity index (χ3v) is 3.29. The third kappa shape index (κ3) is 11.9. The average Bonchev–Trinajstić information content (AvgIpc) is 2.11. The second-order valence-corrected chi connectivity index (χ2v) is 7.64. The van der Waals surface area contributed by atoms with Crippen molar-refractivity contribution in [2.45, 2.75) is 86.0 Å². The highest BCUT2D eigenvalue weighted by molar-refractivity contribution is 5.73. The van der Waals surface area contributed by atoms with Gasteiger partial charge in [0.15, 0.2) is 0 Å². The number of rotatable bonds is 9.